The van der Waals surface area contributed by atoms with Crippen molar-refractivity contribution < 1.29 is 19.4 Å². The first-order chi connectivity index (χ1) is 10.0. The van der Waals surface area contributed by atoms with Crippen LogP contribution in [-0.4, -0.2) is 24.1 Å². The number of hydrogen-bond acceptors (Lipinski definition) is 4. The molecule has 112 valence electrons. The minimum Gasteiger partial charge on any atom is -0.507 e. The zero-order chi connectivity index (χ0) is 16.0. The maximum atomic E-state index is 11.4. The van der Waals surface area contributed by atoms with Crippen molar-refractivity contribution in [2.24, 2.45) is 0 Å². The molecule has 0 radical (unpaired) electrons. The number of anilines is 1. The molecule has 0 spiro atoms. The number of rotatable bonds is 2. The summed E-state index contributed by atoms with van der Waals surface area (Å²) in [6.07, 6.45) is 0. The standard InChI is InChI=1S/C14H13NO4.C2H6/c1-8(16)15-11-4-3-9-5-10(14(18)19-2)6-13(17)12(9)7-11;1-2/h3-7,17H,1-2H3,(H,15,16);1-2H3. The third kappa shape index (κ3) is 3.95. The van der Waals surface area contributed by atoms with Crippen LogP contribution in [0.15, 0.2) is 30.3 Å². The molecule has 2 rings (SSSR count). The molecule has 2 aromatic rings. The number of methoxy groups -OCH3 is 1. The summed E-state index contributed by atoms with van der Waals surface area (Å²) < 4.78 is 4.61. The highest BCUT2D eigenvalue weighted by Crippen LogP contribution is 2.29. The number of hydrogen-bond donors (Lipinski definition) is 2. The third-order valence-electron chi connectivity index (χ3n) is 2.67. The number of phenols is 1. The first-order valence-corrected chi connectivity index (χ1v) is 6.64. The second-order valence-electron chi connectivity index (χ2n) is 4.10. The van der Waals surface area contributed by atoms with Gasteiger partial charge in [0.2, 0.25) is 5.91 Å². The largest absolute Gasteiger partial charge is 0.507 e. The predicted octanol–water partition coefficient (Wildman–Crippen LogP) is 3.32. The molecule has 21 heavy (non-hydrogen) atoms. The van der Waals surface area contributed by atoms with Gasteiger partial charge in [0.05, 0.1) is 12.7 Å². The van der Waals surface area contributed by atoms with Gasteiger partial charge in [-0.15, -0.1) is 0 Å². The molecule has 0 aliphatic carbocycles. The average Bonchev–Trinajstić information content (AvgIpc) is 2.48. The molecule has 2 aromatic carbocycles. The number of phenolic OH excluding ortho intramolecular Hbond substituents is 1. The van der Waals surface area contributed by atoms with Gasteiger partial charge < -0.3 is 15.2 Å². The summed E-state index contributed by atoms with van der Waals surface area (Å²) >= 11 is 0. The minimum atomic E-state index is -0.511. The molecule has 0 fully saturated rings. The Bertz CT molecular complexity index is 665. The van der Waals surface area contributed by atoms with Crippen LogP contribution in [0.4, 0.5) is 5.69 Å². The Morgan fingerprint density at radius 3 is 2.38 bits per heavy atom. The summed E-state index contributed by atoms with van der Waals surface area (Å²) in [7, 11) is 1.28. The second-order valence-corrected chi connectivity index (χ2v) is 4.10. The molecule has 0 saturated heterocycles. The summed E-state index contributed by atoms with van der Waals surface area (Å²) in [5.74, 6) is -0.738. The summed E-state index contributed by atoms with van der Waals surface area (Å²) in [4.78, 5) is 22.4. The van der Waals surface area contributed by atoms with Crippen molar-refractivity contribution in [2.45, 2.75) is 20.8 Å². The van der Waals surface area contributed by atoms with E-state index >= 15 is 0 Å². The summed E-state index contributed by atoms with van der Waals surface area (Å²) in [5.41, 5.74) is 0.862. The number of ether oxygens (including phenoxy) is 1. The van der Waals surface area contributed by atoms with E-state index in [1.165, 1.54) is 20.1 Å². The van der Waals surface area contributed by atoms with Crippen molar-refractivity contribution >= 4 is 28.3 Å². The van der Waals surface area contributed by atoms with Gasteiger partial charge in [-0.2, -0.15) is 0 Å². The predicted molar refractivity (Wildman–Crippen MR) is 82.6 cm³/mol. The van der Waals surface area contributed by atoms with E-state index in [4.69, 9.17) is 0 Å². The number of carbonyl (C=O) groups excluding carboxylic acids is 2. The lowest BCUT2D eigenvalue weighted by Gasteiger charge is -2.07. The molecular weight excluding hydrogens is 270 g/mol. The van der Waals surface area contributed by atoms with Crippen molar-refractivity contribution in [3.05, 3.63) is 35.9 Å². The Kier molecular flexibility index (Phi) is 5.72. The van der Waals surface area contributed by atoms with Crippen LogP contribution in [-0.2, 0) is 9.53 Å². The zero-order valence-electron chi connectivity index (χ0n) is 12.6. The van der Waals surface area contributed by atoms with E-state index in [1.54, 1.807) is 24.3 Å². The molecule has 0 aliphatic rings. The maximum Gasteiger partial charge on any atom is 0.338 e. The van der Waals surface area contributed by atoms with Crippen molar-refractivity contribution in [1.29, 1.82) is 0 Å². The first-order valence-electron chi connectivity index (χ1n) is 6.64. The normalized spacial score (nSPS) is 9.52. The summed E-state index contributed by atoms with van der Waals surface area (Å²) in [6, 6.07) is 8.02. The van der Waals surface area contributed by atoms with Crippen LogP contribution in [0.5, 0.6) is 5.75 Å². The van der Waals surface area contributed by atoms with Crippen LogP contribution >= 0.6 is 0 Å². The number of benzene rings is 2. The van der Waals surface area contributed by atoms with Crippen LogP contribution in [0, 0.1) is 0 Å². The summed E-state index contributed by atoms with van der Waals surface area (Å²) in [5, 5.41) is 13.8. The van der Waals surface area contributed by atoms with Gasteiger partial charge in [-0.1, -0.05) is 19.9 Å². The molecule has 0 heterocycles. The highest BCUT2D eigenvalue weighted by molar-refractivity contribution is 6.00. The molecule has 0 aliphatic heterocycles. The van der Waals surface area contributed by atoms with Crippen molar-refractivity contribution in [3.8, 4) is 5.75 Å². The molecule has 0 atom stereocenters. The van der Waals surface area contributed by atoms with E-state index in [1.807, 2.05) is 13.8 Å². The molecule has 5 nitrogen and oxygen atoms in total. The molecule has 0 aromatic heterocycles. The van der Waals surface area contributed by atoms with E-state index in [0.29, 0.717) is 16.5 Å². The van der Waals surface area contributed by atoms with Gasteiger partial charge in [0.15, 0.2) is 0 Å². The van der Waals surface area contributed by atoms with E-state index in [9.17, 15) is 14.7 Å². The summed E-state index contributed by atoms with van der Waals surface area (Å²) in [6.45, 7) is 5.41. The molecule has 1 amide bonds. The number of nitrogens with one attached hydrogen (secondary N) is 1. The highest BCUT2D eigenvalue weighted by atomic mass is 16.5. The van der Waals surface area contributed by atoms with Crippen LogP contribution < -0.4 is 5.32 Å². The van der Waals surface area contributed by atoms with Gasteiger partial charge in [0.1, 0.15) is 5.75 Å². The van der Waals surface area contributed by atoms with Crippen LogP contribution in [0.2, 0.25) is 0 Å². The third-order valence-corrected chi connectivity index (χ3v) is 2.67. The lowest BCUT2D eigenvalue weighted by Crippen LogP contribution is -2.05. The number of esters is 1. The highest BCUT2D eigenvalue weighted by Gasteiger charge is 2.10. The van der Waals surface area contributed by atoms with Crippen LogP contribution in [0.25, 0.3) is 10.8 Å². The quantitative estimate of drug-likeness (QED) is 0.832. The van der Waals surface area contributed by atoms with Crippen molar-refractivity contribution in [1.82, 2.24) is 0 Å². The Morgan fingerprint density at radius 1 is 1.14 bits per heavy atom. The number of amides is 1. The lowest BCUT2D eigenvalue weighted by molar-refractivity contribution is -0.114. The Hall–Kier alpha value is -2.56. The van der Waals surface area contributed by atoms with Crippen LogP contribution in [0.1, 0.15) is 31.1 Å². The van der Waals surface area contributed by atoms with E-state index in [2.05, 4.69) is 10.1 Å². The molecular formula is C16H19NO4. The molecule has 0 bridgehead atoms. The molecule has 5 heteroatoms. The fourth-order valence-electron chi connectivity index (χ4n) is 1.85. The Balaban J connectivity index is 0.00000106. The fraction of sp³-hybridized carbons (Fsp3) is 0.250. The SMILES string of the molecule is CC.COC(=O)c1cc(O)c2cc(NC(C)=O)ccc2c1. The van der Waals surface area contributed by atoms with Gasteiger partial charge in [0.25, 0.3) is 0 Å². The molecule has 0 unspecified atom stereocenters. The maximum absolute atomic E-state index is 11.4. The van der Waals surface area contributed by atoms with E-state index < -0.39 is 5.97 Å². The topological polar surface area (TPSA) is 75.6 Å². The van der Waals surface area contributed by atoms with E-state index in [0.717, 1.165) is 0 Å². The minimum absolute atomic E-state index is 0.0369. The molecule has 2 N–H and O–H groups in total. The van der Waals surface area contributed by atoms with Crippen LogP contribution in [0.3, 0.4) is 0 Å². The fourth-order valence-corrected chi connectivity index (χ4v) is 1.85. The number of carbonyl (C=O) groups is 2. The number of aromatic hydroxyl groups is 1. The van der Waals surface area contributed by atoms with E-state index in [-0.39, 0.29) is 17.2 Å². The van der Waals surface area contributed by atoms with Crippen molar-refractivity contribution in [2.75, 3.05) is 12.4 Å². The lowest BCUT2D eigenvalue weighted by atomic mass is 10.0. The monoisotopic (exact) mass is 289 g/mol. The average molecular weight is 289 g/mol. The zero-order valence-corrected chi connectivity index (χ0v) is 12.6. The second kappa shape index (κ2) is 7.28. The van der Waals surface area contributed by atoms with Gasteiger partial charge in [-0.05, 0) is 29.7 Å². The molecule has 0 saturated carbocycles. The first kappa shape index (κ1) is 16.5. The smallest absolute Gasteiger partial charge is 0.338 e. The van der Waals surface area contributed by atoms with Gasteiger partial charge in [-0.3, -0.25) is 4.79 Å². The van der Waals surface area contributed by atoms with Gasteiger partial charge in [-0.25, -0.2) is 4.79 Å². The Morgan fingerprint density at radius 2 is 1.81 bits per heavy atom. The Labute approximate surface area is 123 Å². The number of fused-ring (bicyclic) bond motifs is 1. The van der Waals surface area contributed by atoms with Gasteiger partial charge in [0, 0.05) is 18.0 Å². The van der Waals surface area contributed by atoms with Gasteiger partial charge >= 0.3 is 5.97 Å². The van der Waals surface area contributed by atoms with Crippen molar-refractivity contribution in [3.63, 3.8) is 0 Å².